The van der Waals surface area contributed by atoms with Gasteiger partial charge in [-0.05, 0) is 25.3 Å². The predicted molar refractivity (Wildman–Crippen MR) is 61.3 cm³/mol. The van der Waals surface area contributed by atoms with Crippen LogP contribution in [0.2, 0.25) is 0 Å². The van der Waals surface area contributed by atoms with Gasteiger partial charge in [0.1, 0.15) is 12.0 Å². The van der Waals surface area contributed by atoms with Gasteiger partial charge in [0, 0.05) is 12.1 Å². The Hall–Kier alpha value is -1.91. The van der Waals surface area contributed by atoms with Crippen LogP contribution in [0.5, 0.6) is 0 Å². The molecule has 0 bridgehead atoms. The van der Waals surface area contributed by atoms with Gasteiger partial charge in [0.2, 0.25) is 0 Å². The number of pyridine rings is 1. The van der Waals surface area contributed by atoms with Crippen LogP contribution in [-0.4, -0.2) is 15.9 Å². The first-order valence-corrected chi connectivity index (χ1v) is 5.27. The van der Waals surface area contributed by atoms with Crippen LogP contribution in [0.25, 0.3) is 0 Å². The summed E-state index contributed by atoms with van der Waals surface area (Å²) in [6.45, 7) is 0. The Morgan fingerprint density at radius 2 is 2.31 bits per heavy atom. The average Bonchev–Trinajstić information content (AvgIpc) is 2.31. The van der Waals surface area contributed by atoms with Gasteiger partial charge in [-0.1, -0.05) is 12.2 Å². The quantitative estimate of drug-likeness (QED) is 0.482. The monoisotopic (exact) mass is 219 g/mol. The van der Waals surface area contributed by atoms with Gasteiger partial charge in [0.15, 0.2) is 0 Å². The third-order valence-corrected chi connectivity index (χ3v) is 2.58. The van der Waals surface area contributed by atoms with Gasteiger partial charge < -0.3 is 5.32 Å². The SMILES string of the molecule is O=[N+]([O-])c1ccc(NC2CC=CCC2)nc1. The van der Waals surface area contributed by atoms with Crippen LogP contribution in [0, 0.1) is 10.1 Å². The van der Waals surface area contributed by atoms with Crippen molar-refractivity contribution in [3.8, 4) is 0 Å². The lowest BCUT2D eigenvalue weighted by molar-refractivity contribution is -0.385. The van der Waals surface area contributed by atoms with E-state index in [0.29, 0.717) is 11.9 Å². The van der Waals surface area contributed by atoms with Gasteiger partial charge in [0.05, 0.1) is 4.92 Å². The van der Waals surface area contributed by atoms with E-state index >= 15 is 0 Å². The molecule has 5 heteroatoms. The van der Waals surface area contributed by atoms with Crippen molar-refractivity contribution in [2.75, 3.05) is 5.32 Å². The number of hydrogen-bond donors (Lipinski definition) is 1. The molecule has 1 heterocycles. The minimum absolute atomic E-state index is 0.0223. The first-order valence-electron chi connectivity index (χ1n) is 5.27. The molecule has 0 aromatic carbocycles. The zero-order chi connectivity index (χ0) is 11.4. The Balaban J connectivity index is 1.99. The molecule has 84 valence electrons. The smallest absolute Gasteiger partial charge is 0.287 e. The number of anilines is 1. The van der Waals surface area contributed by atoms with E-state index in [1.165, 1.54) is 12.3 Å². The molecule has 0 aliphatic heterocycles. The fourth-order valence-electron chi connectivity index (χ4n) is 1.71. The molecule has 0 amide bonds. The van der Waals surface area contributed by atoms with Crippen molar-refractivity contribution in [2.45, 2.75) is 25.3 Å². The highest BCUT2D eigenvalue weighted by Crippen LogP contribution is 2.17. The fourth-order valence-corrected chi connectivity index (χ4v) is 1.71. The number of nitro groups is 1. The second-order valence-electron chi connectivity index (χ2n) is 3.78. The lowest BCUT2D eigenvalue weighted by Crippen LogP contribution is -2.20. The number of aromatic nitrogens is 1. The van der Waals surface area contributed by atoms with Crippen molar-refractivity contribution in [2.24, 2.45) is 0 Å². The van der Waals surface area contributed by atoms with Gasteiger partial charge in [-0.2, -0.15) is 0 Å². The molecule has 0 spiro atoms. The Kier molecular flexibility index (Phi) is 3.14. The van der Waals surface area contributed by atoms with Crippen molar-refractivity contribution < 1.29 is 4.92 Å². The Labute approximate surface area is 93.3 Å². The number of hydrogen-bond acceptors (Lipinski definition) is 4. The van der Waals surface area contributed by atoms with E-state index in [1.807, 2.05) is 0 Å². The van der Waals surface area contributed by atoms with E-state index in [0.717, 1.165) is 19.3 Å². The maximum absolute atomic E-state index is 10.4. The van der Waals surface area contributed by atoms with E-state index in [1.54, 1.807) is 6.07 Å². The molecule has 1 atom stereocenters. The van der Waals surface area contributed by atoms with E-state index in [2.05, 4.69) is 22.5 Å². The number of allylic oxidation sites excluding steroid dienone is 1. The van der Waals surface area contributed by atoms with Gasteiger partial charge in [-0.3, -0.25) is 10.1 Å². The molecule has 1 aromatic rings. The highest BCUT2D eigenvalue weighted by molar-refractivity contribution is 5.41. The summed E-state index contributed by atoms with van der Waals surface area (Å²) in [5.74, 6) is 0.700. The van der Waals surface area contributed by atoms with Gasteiger partial charge in [-0.25, -0.2) is 4.98 Å². The maximum atomic E-state index is 10.4. The Morgan fingerprint density at radius 1 is 1.44 bits per heavy atom. The minimum atomic E-state index is -0.444. The standard InChI is InChI=1S/C11H13N3O2/c15-14(16)10-6-7-11(12-8-10)13-9-4-2-1-3-5-9/h1-2,6-9H,3-5H2,(H,12,13). The van der Waals surface area contributed by atoms with Gasteiger partial charge in [-0.15, -0.1) is 0 Å². The van der Waals surface area contributed by atoms with Crippen LogP contribution in [0.3, 0.4) is 0 Å². The van der Waals surface area contributed by atoms with Crippen LogP contribution in [-0.2, 0) is 0 Å². The zero-order valence-electron chi connectivity index (χ0n) is 8.80. The first-order chi connectivity index (χ1) is 7.75. The molecule has 2 rings (SSSR count). The second kappa shape index (κ2) is 4.74. The number of rotatable bonds is 3. The van der Waals surface area contributed by atoms with E-state index in [4.69, 9.17) is 0 Å². The molecule has 1 aromatic heterocycles. The highest BCUT2D eigenvalue weighted by Gasteiger charge is 2.11. The third kappa shape index (κ3) is 2.56. The summed E-state index contributed by atoms with van der Waals surface area (Å²) in [6, 6.07) is 3.50. The lowest BCUT2D eigenvalue weighted by Gasteiger charge is -2.19. The highest BCUT2D eigenvalue weighted by atomic mass is 16.6. The topological polar surface area (TPSA) is 68.1 Å². The van der Waals surface area contributed by atoms with Crippen LogP contribution in [0.15, 0.2) is 30.5 Å². The largest absolute Gasteiger partial charge is 0.367 e. The summed E-state index contributed by atoms with van der Waals surface area (Å²) < 4.78 is 0. The molecular formula is C11H13N3O2. The molecule has 0 fully saturated rings. The van der Waals surface area contributed by atoms with Crippen LogP contribution >= 0.6 is 0 Å². The number of nitrogens with zero attached hydrogens (tertiary/aromatic N) is 2. The molecule has 1 aliphatic rings. The van der Waals surface area contributed by atoms with Crippen LogP contribution < -0.4 is 5.32 Å². The zero-order valence-corrected chi connectivity index (χ0v) is 8.80. The summed E-state index contributed by atoms with van der Waals surface area (Å²) in [7, 11) is 0. The third-order valence-electron chi connectivity index (χ3n) is 2.58. The summed E-state index contributed by atoms with van der Waals surface area (Å²) in [6.07, 6.45) is 8.73. The molecule has 16 heavy (non-hydrogen) atoms. The average molecular weight is 219 g/mol. The van der Waals surface area contributed by atoms with Crippen molar-refractivity contribution in [3.05, 3.63) is 40.6 Å². The molecule has 0 saturated heterocycles. The molecule has 1 aliphatic carbocycles. The van der Waals surface area contributed by atoms with E-state index < -0.39 is 4.92 Å². The van der Waals surface area contributed by atoms with E-state index in [9.17, 15) is 10.1 Å². The lowest BCUT2D eigenvalue weighted by atomic mass is 10.0. The summed E-state index contributed by atoms with van der Waals surface area (Å²) in [4.78, 5) is 14.0. The molecule has 5 nitrogen and oxygen atoms in total. The summed E-state index contributed by atoms with van der Waals surface area (Å²) in [5, 5.41) is 13.7. The molecule has 0 saturated carbocycles. The fraction of sp³-hybridized carbons (Fsp3) is 0.364. The normalized spacial score (nSPS) is 19.4. The first kappa shape index (κ1) is 10.6. The van der Waals surface area contributed by atoms with Crippen molar-refractivity contribution >= 4 is 11.5 Å². The minimum Gasteiger partial charge on any atom is -0.367 e. The second-order valence-corrected chi connectivity index (χ2v) is 3.78. The predicted octanol–water partition coefficient (Wildman–Crippen LogP) is 2.51. The van der Waals surface area contributed by atoms with Crippen molar-refractivity contribution in [1.82, 2.24) is 4.98 Å². The van der Waals surface area contributed by atoms with Crippen LogP contribution in [0.1, 0.15) is 19.3 Å². The van der Waals surface area contributed by atoms with Gasteiger partial charge >= 0.3 is 0 Å². The van der Waals surface area contributed by atoms with Crippen molar-refractivity contribution in [3.63, 3.8) is 0 Å². The summed E-state index contributed by atoms with van der Waals surface area (Å²) in [5.41, 5.74) is 0.0223. The van der Waals surface area contributed by atoms with E-state index in [-0.39, 0.29) is 5.69 Å². The summed E-state index contributed by atoms with van der Waals surface area (Å²) >= 11 is 0. The Morgan fingerprint density at radius 3 is 2.88 bits per heavy atom. The molecule has 1 N–H and O–H groups in total. The van der Waals surface area contributed by atoms with Crippen LogP contribution in [0.4, 0.5) is 11.5 Å². The molecule has 0 radical (unpaired) electrons. The Bertz CT molecular complexity index is 400. The van der Waals surface area contributed by atoms with Crippen molar-refractivity contribution in [1.29, 1.82) is 0 Å². The number of nitrogens with one attached hydrogen (secondary N) is 1. The maximum Gasteiger partial charge on any atom is 0.287 e. The molecule has 1 unspecified atom stereocenters. The van der Waals surface area contributed by atoms with Gasteiger partial charge in [0.25, 0.3) is 5.69 Å². The molecular weight excluding hydrogens is 206 g/mol.